The quantitative estimate of drug-likeness (QED) is 0.850. The lowest BCUT2D eigenvalue weighted by Gasteiger charge is -2.39. The molecule has 0 unspecified atom stereocenters. The van der Waals surface area contributed by atoms with Crippen LogP contribution in [0.2, 0.25) is 0 Å². The number of amides is 1. The molecule has 1 aromatic rings. The molecule has 2 fully saturated rings. The normalized spacial score (nSPS) is 28.9. The van der Waals surface area contributed by atoms with Gasteiger partial charge in [0.05, 0.1) is 6.61 Å². The molecular formula is C17H25N3O2. The van der Waals surface area contributed by atoms with Crippen molar-refractivity contribution in [3.8, 4) is 0 Å². The van der Waals surface area contributed by atoms with Crippen molar-refractivity contribution in [2.75, 3.05) is 33.8 Å². The number of nitrogens with zero attached hydrogens (tertiary/aromatic N) is 3. The van der Waals surface area contributed by atoms with Crippen molar-refractivity contribution in [1.29, 1.82) is 0 Å². The summed E-state index contributed by atoms with van der Waals surface area (Å²) in [6.07, 6.45) is 6.68. The number of ether oxygens (including phenoxy) is 1. The maximum Gasteiger partial charge on any atom is 0.251 e. The van der Waals surface area contributed by atoms with Gasteiger partial charge in [0.25, 0.3) is 5.91 Å². The molecule has 0 radical (unpaired) electrons. The van der Waals surface area contributed by atoms with Crippen LogP contribution in [0.5, 0.6) is 0 Å². The molecule has 0 bridgehead atoms. The molecule has 3 heterocycles. The molecule has 0 aliphatic carbocycles. The van der Waals surface area contributed by atoms with Gasteiger partial charge in [-0.1, -0.05) is 6.07 Å². The molecule has 0 saturated carbocycles. The number of carbonyl (C=O) groups excluding carboxylic acids is 1. The van der Waals surface area contributed by atoms with E-state index in [4.69, 9.17) is 4.74 Å². The molecule has 0 aromatic carbocycles. The predicted molar refractivity (Wildman–Crippen MR) is 84.2 cm³/mol. The number of hydrogen-bond acceptors (Lipinski definition) is 4. The van der Waals surface area contributed by atoms with E-state index in [-0.39, 0.29) is 17.4 Å². The third kappa shape index (κ3) is 3.31. The van der Waals surface area contributed by atoms with Crippen LogP contribution in [0.4, 0.5) is 0 Å². The number of likely N-dealkylation sites (N-methyl/N-ethyl adjacent to an activating group) is 1. The zero-order valence-electron chi connectivity index (χ0n) is 13.5. The molecule has 2 atom stereocenters. The second-order valence-corrected chi connectivity index (χ2v) is 6.91. The Morgan fingerprint density at radius 2 is 2.41 bits per heavy atom. The number of pyridine rings is 1. The van der Waals surface area contributed by atoms with Crippen LogP contribution in [0.1, 0.15) is 24.8 Å². The monoisotopic (exact) mass is 303 g/mol. The summed E-state index contributed by atoms with van der Waals surface area (Å²) in [6.45, 7) is 3.77. The molecular weight excluding hydrogens is 278 g/mol. The van der Waals surface area contributed by atoms with E-state index in [1.54, 1.807) is 19.0 Å². The lowest BCUT2D eigenvalue weighted by molar-refractivity contribution is -0.138. The minimum Gasteiger partial charge on any atom is -0.368 e. The summed E-state index contributed by atoms with van der Waals surface area (Å²) >= 11 is 0. The highest BCUT2D eigenvalue weighted by molar-refractivity contribution is 5.80. The molecule has 1 amide bonds. The van der Waals surface area contributed by atoms with Crippen molar-refractivity contribution in [1.82, 2.24) is 14.8 Å². The molecule has 22 heavy (non-hydrogen) atoms. The first-order chi connectivity index (χ1) is 10.6. The van der Waals surface area contributed by atoms with Crippen molar-refractivity contribution >= 4 is 5.91 Å². The van der Waals surface area contributed by atoms with Crippen LogP contribution in [-0.2, 0) is 16.1 Å². The van der Waals surface area contributed by atoms with Gasteiger partial charge in [-0.15, -0.1) is 0 Å². The Balaban J connectivity index is 1.62. The van der Waals surface area contributed by atoms with Crippen LogP contribution in [0.3, 0.4) is 0 Å². The van der Waals surface area contributed by atoms with Crippen molar-refractivity contribution in [3.05, 3.63) is 30.1 Å². The Kier molecular flexibility index (Phi) is 4.45. The van der Waals surface area contributed by atoms with Crippen LogP contribution < -0.4 is 0 Å². The maximum atomic E-state index is 12.1. The van der Waals surface area contributed by atoms with Gasteiger partial charge in [-0.3, -0.25) is 14.7 Å². The SMILES string of the molecule is CN(C)C(=O)[C@H]1C[C@]2(CCCN(Cc3cccnc3)C2)CO1. The average Bonchev–Trinajstić information content (AvgIpc) is 2.91. The highest BCUT2D eigenvalue weighted by atomic mass is 16.5. The molecule has 1 spiro atoms. The predicted octanol–water partition coefficient (Wildman–Crippen LogP) is 1.54. The van der Waals surface area contributed by atoms with E-state index in [1.807, 2.05) is 18.5 Å². The lowest BCUT2D eigenvalue weighted by Crippen LogP contribution is -2.44. The fraction of sp³-hybridized carbons (Fsp3) is 0.647. The zero-order chi connectivity index (χ0) is 15.6. The smallest absolute Gasteiger partial charge is 0.251 e. The van der Waals surface area contributed by atoms with Gasteiger partial charge in [0.2, 0.25) is 0 Å². The second kappa shape index (κ2) is 6.34. The number of carbonyl (C=O) groups is 1. The van der Waals surface area contributed by atoms with Crippen molar-refractivity contribution in [3.63, 3.8) is 0 Å². The summed E-state index contributed by atoms with van der Waals surface area (Å²) in [4.78, 5) is 20.4. The number of likely N-dealkylation sites (tertiary alicyclic amines) is 1. The highest BCUT2D eigenvalue weighted by Crippen LogP contribution is 2.41. The molecule has 5 nitrogen and oxygen atoms in total. The Labute approximate surface area is 132 Å². The first kappa shape index (κ1) is 15.4. The van der Waals surface area contributed by atoms with Crippen LogP contribution in [0, 0.1) is 5.41 Å². The lowest BCUT2D eigenvalue weighted by atomic mass is 9.78. The van der Waals surface area contributed by atoms with Gasteiger partial charge in [-0.25, -0.2) is 0 Å². The van der Waals surface area contributed by atoms with E-state index >= 15 is 0 Å². The van der Waals surface area contributed by atoms with E-state index in [9.17, 15) is 4.79 Å². The molecule has 3 rings (SSSR count). The van der Waals surface area contributed by atoms with Crippen LogP contribution >= 0.6 is 0 Å². The van der Waals surface area contributed by atoms with Gasteiger partial charge in [-0.2, -0.15) is 0 Å². The van der Waals surface area contributed by atoms with Crippen molar-refractivity contribution in [2.24, 2.45) is 5.41 Å². The van der Waals surface area contributed by atoms with E-state index in [0.717, 1.165) is 32.5 Å². The maximum absolute atomic E-state index is 12.1. The topological polar surface area (TPSA) is 45.7 Å². The van der Waals surface area contributed by atoms with E-state index < -0.39 is 0 Å². The molecule has 1 aromatic heterocycles. The Morgan fingerprint density at radius 1 is 1.55 bits per heavy atom. The Bertz CT molecular complexity index is 520. The fourth-order valence-electron chi connectivity index (χ4n) is 3.71. The summed E-state index contributed by atoms with van der Waals surface area (Å²) in [7, 11) is 3.60. The summed E-state index contributed by atoms with van der Waals surface area (Å²) in [5.74, 6) is 0.0984. The van der Waals surface area contributed by atoms with Gasteiger partial charge < -0.3 is 9.64 Å². The number of piperidine rings is 1. The molecule has 2 aliphatic heterocycles. The largest absolute Gasteiger partial charge is 0.368 e. The fourth-order valence-corrected chi connectivity index (χ4v) is 3.71. The summed E-state index contributed by atoms with van der Waals surface area (Å²) in [5.41, 5.74) is 1.40. The number of rotatable bonds is 3. The summed E-state index contributed by atoms with van der Waals surface area (Å²) in [6, 6.07) is 4.11. The Hall–Kier alpha value is -1.46. The van der Waals surface area contributed by atoms with Gasteiger partial charge in [0.1, 0.15) is 6.10 Å². The highest BCUT2D eigenvalue weighted by Gasteiger charge is 2.45. The van der Waals surface area contributed by atoms with E-state index in [0.29, 0.717) is 6.61 Å². The van der Waals surface area contributed by atoms with Gasteiger partial charge in [-0.05, 0) is 37.4 Å². The van der Waals surface area contributed by atoms with Crippen molar-refractivity contribution in [2.45, 2.75) is 31.9 Å². The average molecular weight is 303 g/mol. The minimum atomic E-state index is -0.256. The molecule has 120 valence electrons. The van der Waals surface area contributed by atoms with Gasteiger partial charge in [0.15, 0.2) is 0 Å². The standard InChI is InChI=1S/C17H25N3O2/c1-19(2)16(21)15-9-17(13-22-15)6-4-8-20(12-17)11-14-5-3-7-18-10-14/h3,5,7,10,15H,4,6,8-9,11-13H2,1-2H3/t15-,17+/m1/s1. The minimum absolute atomic E-state index is 0.0984. The third-order valence-corrected chi connectivity index (χ3v) is 4.79. The second-order valence-electron chi connectivity index (χ2n) is 6.91. The summed E-state index contributed by atoms with van der Waals surface area (Å²) in [5, 5.41) is 0. The van der Waals surface area contributed by atoms with Crippen LogP contribution in [0.15, 0.2) is 24.5 Å². The zero-order valence-corrected chi connectivity index (χ0v) is 13.5. The molecule has 2 aliphatic rings. The third-order valence-electron chi connectivity index (χ3n) is 4.79. The van der Waals surface area contributed by atoms with Crippen LogP contribution in [0.25, 0.3) is 0 Å². The van der Waals surface area contributed by atoms with Gasteiger partial charge in [0, 0.05) is 45.0 Å². The van der Waals surface area contributed by atoms with Crippen LogP contribution in [-0.4, -0.2) is 60.6 Å². The first-order valence-corrected chi connectivity index (χ1v) is 8.02. The molecule has 2 saturated heterocycles. The first-order valence-electron chi connectivity index (χ1n) is 8.02. The molecule has 5 heteroatoms. The number of hydrogen-bond donors (Lipinski definition) is 0. The Morgan fingerprint density at radius 3 is 3.14 bits per heavy atom. The van der Waals surface area contributed by atoms with E-state index in [2.05, 4.69) is 16.0 Å². The van der Waals surface area contributed by atoms with E-state index in [1.165, 1.54) is 12.0 Å². The van der Waals surface area contributed by atoms with Gasteiger partial charge >= 0.3 is 0 Å². The summed E-state index contributed by atoms with van der Waals surface area (Å²) < 4.78 is 5.84. The van der Waals surface area contributed by atoms with Crippen molar-refractivity contribution < 1.29 is 9.53 Å². The number of aromatic nitrogens is 1. The molecule has 0 N–H and O–H groups in total.